The van der Waals surface area contributed by atoms with Gasteiger partial charge < -0.3 is 15.2 Å². The molecular formula is C16H16N2O4S. The van der Waals surface area contributed by atoms with Crippen LogP contribution in [0, 0.1) is 0 Å². The molecule has 2 N–H and O–H groups in total. The van der Waals surface area contributed by atoms with Crippen LogP contribution in [0.2, 0.25) is 0 Å². The maximum absolute atomic E-state index is 12.0. The molecule has 23 heavy (non-hydrogen) atoms. The van der Waals surface area contributed by atoms with Gasteiger partial charge in [-0.05, 0) is 17.2 Å². The van der Waals surface area contributed by atoms with Crippen molar-refractivity contribution in [3.8, 4) is 5.75 Å². The summed E-state index contributed by atoms with van der Waals surface area (Å²) in [5.74, 6) is -0.178. The standard InChI is InChI=1S/C16H16N2O4S/c19-14(8-10-1-2-13-11(7-10)4-6-22-13)17-5-3-15-18-12(9-23-15)16(20)21/h1-2,7,9H,3-6,8H2,(H,17,19)(H,20,21). The number of ether oxygens (including phenoxy) is 1. The predicted molar refractivity (Wildman–Crippen MR) is 85.1 cm³/mol. The SMILES string of the molecule is O=C(Cc1ccc2c(c1)CCO2)NCCc1nc(C(=O)O)cs1. The number of carbonyl (C=O) groups is 2. The highest BCUT2D eigenvalue weighted by Crippen LogP contribution is 2.25. The second kappa shape index (κ2) is 6.78. The summed E-state index contributed by atoms with van der Waals surface area (Å²) in [6, 6.07) is 5.83. The van der Waals surface area contributed by atoms with Crippen molar-refractivity contribution in [3.63, 3.8) is 0 Å². The van der Waals surface area contributed by atoms with E-state index in [4.69, 9.17) is 9.84 Å². The number of nitrogens with zero attached hydrogens (tertiary/aromatic N) is 1. The highest BCUT2D eigenvalue weighted by Gasteiger charge is 2.13. The molecule has 2 aromatic rings. The Hall–Kier alpha value is -2.41. The van der Waals surface area contributed by atoms with Crippen LogP contribution in [0.1, 0.15) is 26.6 Å². The molecule has 2 heterocycles. The van der Waals surface area contributed by atoms with Gasteiger partial charge in [0.05, 0.1) is 18.0 Å². The first-order chi connectivity index (χ1) is 11.1. The van der Waals surface area contributed by atoms with Crippen LogP contribution in [-0.4, -0.2) is 35.1 Å². The van der Waals surface area contributed by atoms with Crippen LogP contribution in [0.5, 0.6) is 5.75 Å². The maximum Gasteiger partial charge on any atom is 0.355 e. The molecule has 0 bridgehead atoms. The lowest BCUT2D eigenvalue weighted by atomic mass is 10.1. The van der Waals surface area contributed by atoms with Gasteiger partial charge in [0, 0.05) is 24.8 Å². The van der Waals surface area contributed by atoms with E-state index in [1.807, 2.05) is 18.2 Å². The number of fused-ring (bicyclic) bond motifs is 1. The largest absolute Gasteiger partial charge is 0.493 e. The van der Waals surface area contributed by atoms with Gasteiger partial charge in [0.1, 0.15) is 5.75 Å². The minimum absolute atomic E-state index is 0.0525. The molecule has 0 unspecified atom stereocenters. The number of hydrogen-bond donors (Lipinski definition) is 2. The zero-order valence-corrected chi connectivity index (χ0v) is 13.2. The van der Waals surface area contributed by atoms with Crippen molar-refractivity contribution in [2.45, 2.75) is 19.3 Å². The normalized spacial score (nSPS) is 12.5. The summed E-state index contributed by atoms with van der Waals surface area (Å²) >= 11 is 1.29. The third-order valence-corrected chi connectivity index (χ3v) is 4.46. The number of thiazole rings is 1. The molecule has 7 heteroatoms. The van der Waals surface area contributed by atoms with Gasteiger partial charge in [-0.15, -0.1) is 11.3 Å². The van der Waals surface area contributed by atoms with Crippen molar-refractivity contribution < 1.29 is 19.4 Å². The lowest BCUT2D eigenvalue weighted by Gasteiger charge is -2.06. The Balaban J connectivity index is 1.47. The molecule has 0 saturated carbocycles. The van der Waals surface area contributed by atoms with Crippen molar-refractivity contribution in [1.29, 1.82) is 0 Å². The Kier molecular flexibility index (Phi) is 4.57. The van der Waals surface area contributed by atoms with Gasteiger partial charge >= 0.3 is 5.97 Å². The molecule has 0 fully saturated rings. The third kappa shape index (κ3) is 3.87. The average Bonchev–Trinajstić information content (AvgIpc) is 3.15. The highest BCUT2D eigenvalue weighted by atomic mass is 32.1. The fraction of sp³-hybridized carbons (Fsp3) is 0.312. The summed E-state index contributed by atoms with van der Waals surface area (Å²) in [6.07, 6.45) is 1.74. The van der Waals surface area contributed by atoms with Gasteiger partial charge in [0.2, 0.25) is 5.91 Å². The van der Waals surface area contributed by atoms with Crippen molar-refractivity contribution in [2.75, 3.05) is 13.2 Å². The van der Waals surface area contributed by atoms with Crippen LogP contribution in [0.15, 0.2) is 23.6 Å². The van der Waals surface area contributed by atoms with Gasteiger partial charge in [0.25, 0.3) is 0 Å². The molecule has 0 aliphatic carbocycles. The van der Waals surface area contributed by atoms with E-state index in [9.17, 15) is 9.59 Å². The average molecular weight is 332 g/mol. The van der Waals surface area contributed by atoms with Gasteiger partial charge in [-0.2, -0.15) is 0 Å². The maximum atomic E-state index is 12.0. The molecule has 0 atom stereocenters. The number of nitrogens with one attached hydrogen (secondary N) is 1. The number of hydrogen-bond acceptors (Lipinski definition) is 5. The summed E-state index contributed by atoms with van der Waals surface area (Å²) in [4.78, 5) is 26.7. The van der Waals surface area contributed by atoms with E-state index >= 15 is 0 Å². The monoisotopic (exact) mass is 332 g/mol. The Morgan fingerprint density at radius 2 is 2.26 bits per heavy atom. The zero-order valence-electron chi connectivity index (χ0n) is 12.4. The van der Waals surface area contributed by atoms with E-state index in [0.29, 0.717) is 31.0 Å². The molecule has 1 aromatic carbocycles. The number of rotatable bonds is 6. The lowest BCUT2D eigenvalue weighted by molar-refractivity contribution is -0.120. The number of carbonyl (C=O) groups excluding carboxylic acids is 1. The summed E-state index contributed by atoms with van der Waals surface area (Å²) in [7, 11) is 0. The molecule has 0 spiro atoms. The molecule has 1 aromatic heterocycles. The molecule has 0 radical (unpaired) electrons. The summed E-state index contributed by atoms with van der Waals surface area (Å²) in [5.41, 5.74) is 2.17. The molecule has 1 aliphatic rings. The summed E-state index contributed by atoms with van der Waals surface area (Å²) < 4.78 is 5.44. The Bertz CT molecular complexity index is 741. The van der Waals surface area contributed by atoms with Crippen LogP contribution < -0.4 is 10.1 Å². The Morgan fingerprint density at radius 3 is 3.04 bits per heavy atom. The Morgan fingerprint density at radius 1 is 1.39 bits per heavy atom. The van der Waals surface area contributed by atoms with Gasteiger partial charge in [-0.1, -0.05) is 12.1 Å². The van der Waals surface area contributed by atoms with E-state index in [2.05, 4.69) is 10.3 Å². The minimum atomic E-state index is -1.03. The predicted octanol–water partition coefficient (Wildman–Crippen LogP) is 1.68. The lowest BCUT2D eigenvalue weighted by Crippen LogP contribution is -2.27. The molecule has 1 amide bonds. The topological polar surface area (TPSA) is 88.5 Å². The molecule has 120 valence electrons. The van der Waals surface area contributed by atoms with Crippen LogP contribution >= 0.6 is 11.3 Å². The van der Waals surface area contributed by atoms with E-state index in [1.165, 1.54) is 16.7 Å². The van der Waals surface area contributed by atoms with Gasteiger partial charge in [-0.25, -0.2) is 9.78 Å². The minimum Gasteiger partial charge on any atom is -0.493 e. The van der Waals surface area contributed by atoms with Gasteiger partial charge in [-0.3, -0.25) is 4.79 Å². The smallest absolute Gasteiger partial charge is 0.355 e. The first-order valence-corrected chi connectivity index (χ1v) is 8.19. The summed E-state index contributed by atoms with van der Waals surface area (Å²) in [6.45, 7) is 1.15. The van der Waals surface area contributed by atoms with Gasteiger partial charge in [0.15, 0.2) is 5.69 Å². The van der Waals surface area contributed by atoms with Crippen molar-refractivity contribution in [1.82, 2.24) is 10.3 Å². The quantitative estimate of drug-likeness (QED) is 0.840. The van der Waals surface area contributed by atoms with Crippen molar-refractivity contribution in [2.24, 2.45) is 0 Å². The molecular weight excluding hydrogens is 316 g/mol. The second-order valence-electron chi connectivity index (χ2n) is 5.25. The fourth-order valence-electron chi connectivity index (χ4n) is 2.43. The summed E-state index contributed by atoms with van der Waals surface area (Å²) in [5, 5.41) is 13.9. The van der Waals surface area contributed by atoms with Crippen molar-refractivity contribution >= 4 is 23.2 Å². The number of aromatic carboxylic acids is 1. The molecule has 3 rings (SSSR count). The van der Waals surface area contributed by atoms with E-state index < -0.39 is 5.97 Å². The van der Waals surface area contributed by atoms with Crippen LogP contribution in [0.3, 0.4) is 0 Å². The Labute approximate surface area is 137 Å². The second-order valence-corrected chi connectivity index (χ2v) is 6.19. The van der Waals surface area contributed by atoms with Crippen LogP contribution in [0.4, 0.5) is 0 Å². The highest BCUT2D eigenvalue weighted by molar-refractivity contribution is 7.09. The molecule has 6 nitrogen and oxygen atoms in total. The number of carboxylic acids is 1. The zero-order chi connectivity index (χ0) is 16.2. The third-order valence-electron chi connectivity index (χ3n) is 3.55. The van der Waals surface area contributed by atoms with Crippen LogP contribution in [0.25, 0.3) is 0 Å². The van der Waals surface area contributed by atoms with E-state index in [0.717, 1.165) is 23.3 Å². The van der Waals surface area contributed by atoms with E-state index in [-0.39, 0.29) is 11.6 Å². The van der Waals surface area contributed by atoms with Crippen molar-refractivity contribution in [3.05, 3.63) is 45.4 Å². The number of aromatic nitrogens is 1. The molecule has 0 saturated heterocycles. The fourth-order valence-corrected chi connectivity index (χ4v) is 3.20. The van der Waals surface area contributed by atoms with E-state index in [1.54, 1.807) is 0 Å². The first-order valence-electron chi connectivity index (χ1n) is 7.31. The molecule has 1 aliphatic heterocycles. The first kappa shape index (κ1) is 15.5. The number of benzene rings is 1. The number of amides is 1. The van der Waals surface area contributed by atoms with Crippen LogP contribution in [-0.2, 0) is 24.1 Å². The number of carboxylic acid groups (broad SMARTS) is 1.